The fourth-order valence-corrected chi connectivity index (χ4v) is 6.40. The fourth-order valence-electron chi connectivity index (χ4n) is 6.17. The molecule has 0 fully saturated rings. The number of aryl methyl sites for hydroxylation is 1. The summed E-state index contributed by atoms with van der Waals surface area (Å²) < 4.78 is 5.55. The molecular weight excluding hydrogens is 602 g/mol. The third-order valence-electron chi connectivity index (χ3n) is 8.93. The van der Waals surface area contributed by atoms with Crippen molar-refractivity contribution in [2.75, 3.05) is 0 Å². The van der Waals surface area contributed by atoms with Crippen LogP contribution in [0.5, 0.6) is 0 Å². The number of esters is 1. The molecule has 0 aliphatic heterocycles. The topological polar surface area (TPSA) is 55.4 Å². The van der Waals surface area contributed by atoms with Crippen LogP contribution in [0, 0.1) is 12.3 Å². The number of halogens is 1. The Morgan fingerprint density at radius 3 is 2.43 bits per heavy atom. The van der Waals surface area contributed by atoms with Crippen LogP contribution in [-0.2, 0) is 16.0 Å². The number of hydrogen-bond acceptors (Lipinski definition) is 3. The van der Waals surface area contributed by atoms with Gasteiger partial charge in [0.05, 0.1) is 11.5 Å². The molecule has 0 heterocycles. The summed E-state index contributed by atoms with van der Waals surface area (Å²) in [5, 5.41) is 3.99. The monoisotopic (exact) mass is 647 g/mol. The Balaban J connectivity index is 1.41. The van der Waals surface area contributed by atoms with Crippen LogP contribution in [0.3, 0.4) is 0 Å². The first-order chi connectivity index (χ1) is 22.3. The van der Waals surface area contributed by atoms with Gasteiger partial charge in [-0.05, 0) is 141 Å². The summed E-state index contributed by atoms with van der Waals surface area (Å²) in [6.45, 7) is 12.2. The molecule has 0 bridgehead atoms. The smallest absolute Gasteiger partial charge is 0.338 e. The summed E-state index contributed by atoms with van der Waals surface area (Å²) in [7, 11) is 0. The third-order valence-corrected chi connectivity index (χ3v) is 9.17. The zero-order valence-electron chi connectivity index (χ0n) is 28.5. The standard InChI is InChI=1S/C42H46ClNO3/c1-28-25-35(43)18-21-37(28)31-16-19-36(20-17-31)44-39(45)38(26-29-12-14-32(15-13-29)40(46)47-41(2,3)4)34-10-7-9-33(27-34)30-11-8-23-42(5,6)24-22-30/h7-10,12-16,18-19,21,25,27,38H,17,20,22-24,26H2,1-6H3,(H,44,45). The molecule has 1 N–H and O–H groups in total. The zero-order valence-corrected chi connectivity index (χ0v) is 29.3. The SMILES string of the molecule is Cc1cc(Cl)ccc1C1=CC=C(NC(=O)C(Cc2ccc(C(=O)OC(C)(C)C)cc2)c2cccc(C3=C=CCC(C)(C)CC3)c2)CC1. The van der Waals surface area contributed by atoms with Crippen molar-refractivity contribution in [1.29, 1.82) is 0 Å². The van der Waals surface area contributed by atoms with Gasteiger partial charge in [0, 0.05) is 16.3 Å². The fraction of sp³-hybridized carbons (Fsp3) is 0.357. The zero-order chi connectivity index (χ0) is 33.8. The van der Waals surface area contributed by atoms with Gasteiger partial charge in [0.15, 0.2) is 0 Å². The molecular formula is C42H46ClNO3. The van der Waals surface area contributed by atoms with E-state index in [-0.39, 0.29) is 17.3 Å². The Morgan fingerprint density at radius 2 is 1.74 bits per heavy atom. The average molecular weight is 648 g/mol. The molecule has 2 aliphatic carbocycles. The van der Waals surface area contributed by atoms with Crippen LogP contribution in [-0.4, -0.2) is 17.5 Å². The van der Waals surface area contributed by atoms with Crippen molar-refractivity contribution in [3.8, 4) is 0 Å². The van der Waals surface area contributed by atoms with Gasteiger partial charge in [0.1, 0.15) is 5.60 Å². The van der Waals surface area contributed by atoms with Crippen molar-refractivity contribution in [2.24, 2.45) is 5.41 Å². The van der Waals surface area contributed by atoms with E-state index in [4.69, 9.17) is 16.3 Å². The van der Waals surface area contributed by atoms with Crippen LogP contribution >= 0.6 is 11.6 Å². The Kier molecular flexibility index (Phi) is 10.4. The van der Waals surface area contributed by atoms with Crippen molar-refractivity contribution >= 4 is 34.6 Å². The number of rotatable bonds is 8. The largest absolute Gasteiger partial charge is 0.456 e. The number of carbonyl (C=O) groups is 2. The first-order valence-corrected chi connectivity index (χ1v) is 17.0. The van der Waals surface area contributed by atoms with E-state index in [1.807, 2.05) is 63.2 Å². The lowest BCUT2D eigenvalue weighted by Gasteiger charge is -2.23. The minimum absolute atomic E-state index is 0.0457. The molecule has 0 saturated heterocycles. The summed E-state index contributed by atoms with van der Waals surface area (Å²) in [6, 6.07) is 21.8. The molecule has 0 saturated carbocycles. The highest BCUT2D eigenvalue weighted by Gasteiger charge is 2.25. The molecule has 47 heavy (non-hydrogen) atoms. The van der Waals surface area contributed by atoms with Crippen LogP contribution in [0.1, 0.15) is 111 Å². The van der Waals surface area contributed by atoms with Gasteiger partial charge in [-0.25, -0.2) is 4.79 Å². The molecule has 2 aliphatic rings. The molecule has 0 spiro atoms. The Bertz CT molecular complexity index is 1780. The normalized spacial score (nSPS) is 16.7. The van der Waals surface area contributed by atoms with Crippen molar-refractivity contribution in [3.63, 3.8) is 0 Å². The summed E-state index contributed by atoms with van der Waals surface area (Å²) in [6.07, 6.45) is 11.4. The molecule has 4 nitrogen and oxygen atoms in total. The number of carbonyl (C=O) groups excluding carboxylic acids is 2. The lowest BCUT2D eigenvalue weighted by atomic mass is 9.83. The second-order valence-corrected chi connectivity index (χ2v) is 15.0. The van der Waals surface area contributed by atoms with Crippen molar-refractivity contribution in [1.82, 2.24) is 5.32 Å². The third kappa shape index (κ3) is 9.25. The van der Waals surface area contributed by atoms with Crippen LogP contribution in [0.15, 0.2) is 96.4 Å². The number of nitrogens with one attached hydrogen (secondary N) is 1. The number of benzene rings is 3. The predicted octanol–water partition coefficient (Wildman–Crippen LogP) is 10.6. The van der Waals surface area contributed by atoms with E-state index in [0.29, 0.717) is 12.0 Å². The number of allylic oxidation sites excluding steroid dienone is 5. The van der Waals surface area contributed by atoms with Crippen LogP contribution in [0.25, 0.3) is 11.1 Å². The molecule has 5 rings (SSSR count). The van der Waals surface area contributed by atoms with Crippen LogP contribution < -0.4 is 5.32 Å². The molecule has 244 valence electrons. The van der Waals surface area contributed by atoms with Crippen LogP contribution in [0.2, 0.25) is 5.02 Å². The van der Waals surface area contributed by atoms with E-state index in [1.165, 1.54) is 16.7 Å². The molecule has 0 aromatic heterocycles. The molecule has 1 amide bonds. The Morgan fingerprint density at radius 1 is 0.979 bits per heavy atom. The minimum atomic E-state index is -0.570. The number of amides is 1. The van der Waals surface area contributed by atoms with E-state index >= 15 is 0 Å². The van der Waals surface area contributed by atoms with E-state index in [2.05, 4.69) is 62.2 Å². The lowest BCUT2D eigenvalue weighted by Crippen LogP contribution is -2.30. The second-order valence-electron chi connectivity index (χ2n) is 14.6. The molecule has 5 heteroatoms. The summed E-state index contributed by atoms with van der Waals surface area (Å²) in [4.78, 5) is 26.8. The average Bonchev–Trinajstić information content (AvgIpc) is 3.20. The van der Waals surface area contributed by atoms with Gasteiger partial charge in [-0.15, -0.1) is 5.73 Å². The maximum atomic E-state index is 14.1. The van der Waals surface area contributed by atoms with Crippen LogP contribution in [0.4, 0.5) is 0 Å². The highest BCUT2D eigenvalue weighted by Crippen LogP contribution is 2.35. The van der Waals surface area contributed by atoms with Gasteiger partial charge in [-0.2, -0.15) is 0 Å². The molecule has 3 aromatic rings. The number of ether oxygens (including phenoxy) is 1. The summed E-state index contributed by atoms with van der Waals surface area (Å²) in [5.74, 6) is -0.834. The molecule has 1 unspecified atom stereocenters. The van der Waals surface area contributed by atoms with Crippen molar-refractivity contribution < 1.29 is 14.3 Å². The van der Waals surface area contributed by atoms with Gasteiger partial charge in [-0.1, -0.05) is 74.0 Å². The Hall–Kier alpha value is -4.11. The lowest BCUT2D eigenvalue weighted by molar-refractivity contribution is -0.121. The van der Waals surface area contributed by atoms with Crippen molar-refractivity contribution in [2.45, 2.75) is 91.6 Å². The summed E-state index contributed by atoms with van der Waals surface area (Å²) >= 11 is 6.19. The molecule has 3 aromatic carbocycles. The predicted molar refractivity (Wildman–Crippen MR) is 193 cm³/mol. The van der Waals surface area contributed by atoms with Gasteiger partial charge in [0.2, 0.25) is 5.91 Å². The Labute approximate surface area is 285 Å². The van der Waals surface area contributed by atoms with E-state index in [0.717, 1.165) is 65.1 Å². The van der Waals surface area contributed by atoms with Gasteiger partial charge < -0.3 is 10.1 Å². The highest BCUT2D eigenvalue weighted by atomic mass is 35.5. The van der Waals surface area contributed by atoms with E-state index < -0.39 is 11.5 Å². The first-order valence-electron chi connectivity index (χ1n) is 16.6. The maximum Gasteiger partial charge on any atom is 0.338 e. The molecule has 0 radical (unpaired) electrons. The number of hydrogen-bond donors (Lipinski definition) is 1. The minimum Gasteiger partial charge on any atom is -0.456 e. The van der Waals surface area contributed by atoms with Gasteiger partial charge in [0.25, 0.3) is 0 Å². The maximum absolute atomic E-state index is 14.1. The highest BCUT2D eigenvalue weighted by molar-refractivity contribution is 6.30. The summed E-state index contributed by atoms with van der Waals surface area (Å²) in [5.41, 5.74) is 12.4. The molecule has 1 atom stereocenters. The van der Waals surface area contributed by atoms with Gasteiger partial charge in [-0.3, -0.25) is 4.79 Å². The second kappa shape index (κ2) is 14.3. The van der Waals surface area contributed by atoms with E-state index in [9.17, 15) is 9.59 Å². The first kappa shape index (κ1) is 34.2. The van der Waals surface area contributed by atoms with E-state index in [1.54, 1.807) is 12.1 Å². The van der Waals surface area contributed by atoms with Gasteiger partial charge >= 0.3 is 5.97 Å². The quantitative estimate of drug-likeness (QED) is 0.195. The van der Waals surface area contributed by atoms with Crippen molar-refractivity contribution in [3.05, 3.63) is 135 Å².